The minimum Gasteiger partial charge on any atom is -0.465 e. The van der Waals surface area contributed by atoms with Crippen molar-refractivity contribution in [1.29, 1.82) is 0 Å². The SMILES string of the molecule is Cc1ccc([C@H]2CCCCCN2CC(=O)Nc2c(C)nn(C)c2C)o1. The van der Waals surface area contributed by atoms with Gasteiger partial charge in [-0.1, -0.05) is 12.8 Å². The summed E-state index contributed by atoms with van der Waals surface area (Å²) in [5.41, 5.74) is 2.65. The highest BCUT2D eigenvalue weighted by atomic mass is 16.3. The molecule has 0 saturated carbocycles. The number of anilines is 1. The molecule has 6 heteroatoms. The van der Waals surface area contributed by atoms with E-state index in [4.69, 9.17) is 4.42 Å². The Morgan fingerprint density at radius 1 is 1.28 bits per heavy atom. The van der Waals surface area contributed by atoms with Gasteiger partial charge in [-0.3, -0.25) is 14.4 Å². The highest BCUT2D eigenvalue weighted by Crippen LogP contribution is 2.31. The predicted octanol–water partition coefficient (Wildman–Crippen LogP) is 3.49. The number of furan rings is 1. The molecule has 2 aromatic rings. The average Bonchev–Trinajstić information content (AvgIpc) is 2.98. The molecule has 1 N–H and O–H groups in total. The van der Waals surface area contributed by atoms with Crippen LogP contribution in [0, 0.1) is 20.8 Å². The van der Waals surface area contributed by atoms with Gasteiger partial charge in [0.1, 0.15) is 11.5 Å². The van der Waals surface area contributed by atoms with Crippen LogP contribution in [0.5, 0.6) is 0 Å². The van der Waals surface area contributed by atoms with E-state index in [-0.39, 0.29) is 11.9 Å². The molecule has 3 heterocycles. The fourth-order valence-electron chi connectivity index (χ4n) is 3.63. The molecule has 0 bridgehead atoms. The third-order valence-electron chi connectivity index (χ3n) is 5.07. The summed E-state index contributed by atoms with van der Waals surface area (Å²) in [5.74, 6) is 1.90. The molecule has 3 rings (SSSR count). The number of hydrogen-bond donors (Lipinski definition) is 1. The first-order chi connectivity index (χ1) is 12.0. The van der Waals surface area contributed by atoms with Crippen LogP contribution in [0.3, 0.4) is 0 Å². The first-order valence-corrected chi connectivity index (χ1v) is 9.06. The van der Waals surface area contributed by atoms with Gasteiger partial charge in [0.05, 0.1) is 29.7 Å². The van der Waals surface area contributed by atoms with Gasteiger partial charge in [0.25, 0.3) is 0 Å². The molecule has 0 unspecified atom stereocenters. The predicted molar refractivity (Wildman–Crippen MR) is 97.5 cm³/mol. The van der Waals surface area contributed by atoms with Crippen molar-refractivity contribution in [2.45, 2.75) is 52.5 Å². The van der Waals surface area contributed by atoms with Crippen LogP contribution in [-0.2, 0) is 11.8 Å². The molecular weight excluding hydrogens is 316 g/mol. The summed E-state index contributed by atoms with van der Waals surface area (Å²) in [6.07, 6.45) is 4.53. The Hall–Kier alpha value is -2.08. The Balaban J connectivity index is 1.72. The number of rotatable bonds is 4. The lowest BCUT2D eigenvalue weighted by Gasteiger charge is -2.27. The highest BCUT2D eigenvalue weighted by Gasteiger charge is 2.27. The van der Waals surface area contributed by atoms with Gasteiger partial charge in [0, 0.05) is 7.05 Å². The fourth-order valence-corrected chi connectivity index (χ4v) is 3.63. The molecule has 1 fully saturated rings. The number of amides is 1. The maximum atomic E-state index is 12.7. The Kier molecular flexibility index (Phi) is 5.27. The van der Waals surface area contributed by atoms with E-state index in [1.165, 1.54) is 12.8 Å². The van der Waals surface area contributed by atoms with Gasteiger partial charge in [-0.25, -0.2) is 0 Å². The lowest BCUT2D eigenvalue weighted by Crippen LogP contribution is -2.36. The molecule has 1 saturated heterocycles. The van der Waals surface area contributed by atoms with Crippen LogP contribution in [0.4, 0.5) is 5.69 Å². The summed E-state index contributed by atoms with van der Waals surface area (Å²) in [5, 5.41) is 7.41. The summed E-state index contributed by atoms with van der Waals surface area (Å²) < 4.78 is 7.66. The third-order valence-corrected chi connectivity index (χ3v) is 5.07. The smallest absolute Gasteiger partial charge is 0.238 e. The zero-order valence-corrected chi connectivity index (χ0v) is 15.6. The third kappa shape index (κ3) is 3.95. The molecule has 0 aromatic carbocycles. The summed E-state index contributed by atoms with van der Waals surface area (Å²) >= 11 is 0. The van der Waals surface area contributed by atoms with Gasteiger partial charge < -0.3 is 9.73 Å². The zero-order chi connectivity index (χ0) is 18.0. The maximum Gasteiger partial charge on any atom is 0.238 e. The van der Waals surface area contributed by atoms with Gasteiger partial charge >= 0.3 is 0 Å². The number of aryl methyl sites for hydroxylation is 3. The van der Waals surface area contributed by atoms with Crippen LogP contribution in [0.2, 0.25) is 0 Å². The molecule has 1 amide bonds. The van der Waals surface area contributed by atoms with Gasteiger partial charge in [-0.2, -0.15) is 5.10 Å². The van der Waals surface area contributed by atoms with Crippen LogP contribution in [-0.4, -0.2) is 33.7 Å². The first kappa shape index (κ1) is 17.7. The molecule has 25 heavy (non-hydrogen) atoms. The molecular formula is C19H28N4O2. The number of carbonyl (C=O) groups is 1. The van der Waals surface area contributed by atoms with Gasteiger partial charge in [0.2, 0.25) is 5.91 Å². The molecule has 6 nitrogen and oxygen atoms in total. The topological polar surface area (TPSA) is 63.3 Å². The second-order valence-corrected chi connectivity index (χ2v) is 7.00. The van der Waals surface area contributed by atoms with E-state index in [2.05, 4.69) is 15.3 Å². The summed E-state index contributed by atoms with van der Waals surface area (Å²) in [6, 6.07) is 4.23. The minimum absolute atomic E-state index is 0.00868. The average molecular weight is 344 g/mol. The highest BCUT2D eigenvalue weighted by molar-refractivity contribution is 5.93. The Labute approximate surface area is 149 Å². The Morgan fingerprint density at radius 3 is 2.72 bits per heavy atom. The van der Waals surface area contributed by atoms with Crippen molar-refractivity contribution in [1.82, 2.24) is 14.7 Å². The van der Waals surface area contributed by atoms with Crippen molar-refractivity contribution in [2.24, 2.45) is 7.05 Å². The molecule has 1 aliphatic heterocycles. The normalized spacial score (nSPS) is 19.0. The van der Waals surface area contributed by atoms with Crippen molar-refractivity contribution in [3.05, 3.63) is 35.0 Å². The van der Waals surface area contributed by atoms with Crippen LogP contribution in [0.1, 0.15) is 54.6 Å². The van der Waals surface area contributed by atoms with Crippen molar-refractivity contribution in [2.75, 3.05) is 18.4 Å². The number of aromatic nitrogens is 2. The quantitative estimate of drug-likeness (QED) is 0.922. The standard InChI is InChI=1S/C19H28N4O2/c1-13-9-10-17(25-13)16-8-6-5-7-11-23(16)12-18(24)20-19-14(2)21-22(4)15(19)3/h9-10,16H,5-8,11-12H2,1-4H3,(H,20,24)/t16-/m1/s1. The van der Waals surface area contributed by atoms with E-state index in [1.54, 1.807) is 4.68 Å². The molecule has 1 aliphatic rings. The fraction of sp³-hybridized carbons (Fsp3) is 0.579. The van der Waals surface area contributed by atoms with Gasteiger partial charge in [-0.05, 0) is 52.3 Å². The van der Waals surface area contributed by atoms with E-state index in [1.807, 2.05) is 40.0 Å². The van der Waals surface area contributed by atoms with E-state index >= 15 is 0 Å². The lowest BCUT2D eigenvalue weighted by molar-refractivity contribution is -0.118. The summed E-state index contributed by atoms with van der Waals surface area (Å²) in [6.45, 7) is 7.14. The number of likely N-dealkylation sites (tertiary alicyclic amines) is 1. The molecule has 0 aliphatic carbocycles. The van der Waals surface area contributed by atoms with Crippen LogP contribution >= 0.6 is 0 Å². The molecule has 0 radical (unpaired) electrons. The second-order valence-electron chi connectivity index (χ2n) is 7.00. The number of hydrogen-bond acceptors (Lipinski definition) is 4. The Bertz CT molecular complexity index is 747. The summed E-state index contributed by atoms with van der Waals surface area (Å²) in [4.78, 5) is 14.9. The van der Waals surface area contributed by atoms with Crippen LogP contribution in [0.25, 0.3) is 0 Å². The monoisotopic (exact) mass is 344 g/mol. The zero-order valence-electron chi connectivity index (χ0n) is 15.6. The van der Waals surface area contributed by atoms with Crippen molar-refractivity contribution in [3.8, 4) is 0 Å². The number of carbonyl (C=O) groups excluding carboxylic acids is 1. The van der Waals surface area contributed by atoms with E-state index in [9.17, 15) is 4.79 Å². The van der Waals surface area contributed by atoms with Crippen molar-refractivity contribution < 1.29 is 9.21 Å². The molecule has 1 atom stereocenters. The van der Waals surface area contributed by atoms with Crippen molar-refractivity contribution >= 4 is 11.6 Å². The number of nitrogens with one attached hydrogen (secondary N) is 1. The number of nitrogens with zero attached hydrogens (tertiary/aromatic N) is 3. The maximum absolute atomic E-state index is 12.7. The second kappa shape index (κ2) is 7.44. The van der Waals surface area contributed by atoms with E-state index in [0.717, 1.165) is 48.0 Å². The lowest BCUT2D eigenvalue weighted by atomic mass is 10.1. The van der Waals surface area contributed by atoms with E-state index < -0.39 is 0 Å². The molecule has 2 aromatic heterocycles. The van der Waals surface area contributed by atoms with Crippen LogP contribution < -0.4 is 5.32 Å². The molecule has 0 spiro atoms. The largest absolute Gasteiger partial charge is 0.465 e. The molecule has 136 valence electrons. The minimum atomic E-state index is 0.00868. The van der Waals surface area contributed by atoms with Gasteiger partial charge in [-0.15, -0.1) is 0 Å². The summed E-state index contributed by atoms with van der Waals surface area (Å²) in [7, 11) is 1.89. The van der Waals surface area contributed by atoms with E-state index in [0.29, 0.717) is 6.54 Å². The van der Waals surface area contributed by atoms with Crippen molar-refractivity contribution in [3.63, 3.8) is 0 Å². The Morgan fingerprint density at radius 2 is 2.08 bits per heavy atom. The van der Waals surface area contributed by atoms with Gasteiger partial charge in [0.15, 0.2) is 0 Å². The van der Waals surface area contributed by atoms with Crippen LogP contribution in [0.15, 0.2) is 16.5 Å². The first-order valence-electron chi connectivity index (χ1n) is 9.06.